The number of hydrogen-bond donors (Lipinski definition) is 2. The molecule has 1 aromatic heterocycles. The molecule has 0 bridgehead atoms. The average Bonchev–Trinajstić information content (AvgIpc) is 2.62. The van der Waals surface area contributed by atoms with Crippen LogP contribution in [0.5, 0.6) is 0 Å². The van der Waals surface area contributed by atoms with Gasteiger partial charge in [0.2, 0.25) is 0 Å². The Morgan fingerprint density at radius 2 is 1.74 bits per heavy atom. The van der Waals surface area contributed by atoms with Crippen molar-refractivity contribution in [3.05, 3.63) is 72.3 Å². The van der Waals surface area contributed by atoms with E-state index >= 15 is 0 Å². The third-order valence-electron chi connectivity index (χ3n) is 3.36. The number of nitrogens with one attached hydrogen (secondary N) is 2. The van der Waals surface area contributed by atoms with Crippen molar-refractivity contribution in [2.24, 2.45) is 0 Å². The molecule has 2 aromatic carbocycles. The van der Waals surface area contributed by atoms with Crippen molar-refractivity contribution in [2.75, 3.05) is 12.4 Å². The van der Waals surface area contributed by atoms with Crippen LogP contribution in [0.25, 0.3) is 11.3 Å². The number of aromatic nitrogens is 2. The maximum Gasteiger partial charge on any atom is 0.251 e. The van der Waals surface area contributed by atoms with Crippen LogP contribution in [0.15, 0.2) is 66.7 Å². The molecule has 0 spiro atoms. The highest BCUT2D eigenvalue weighted by molar-refractivity contribution is 5.95. The van der Waals surface area contributed by atoms with Crippen molar-refractivity contribution < 1.29 is 4.79 Å². The molecule has 0 saturated carbocycles. The van der Waals surface area contributed by atoms with Crippen LogP contribution in [0.3, 0.4) is 0 Å². The van der Waals surface area contributed by atoms with Crippen LogP contribution >= 0.6 is 0 Å². The number of amides is 1. The van der Waals surface area contributed by atoms with Crippen LogP contribution in [-0.4, -0.2) is 23.2 Å². The highest BCUT2D eigenvalue weighted by Gasteiger charge is 2.05. The quantitative estimate of drug-likeness (QED) is 0.776. The van der Waals surface area contributed by atoms with Crippen LogP contribution in [-0.2, 0) is 0 Å². The van der Waals surface area contributed by atoms with E-state index in [2.05, 4.69) is 20.8 Å². The Morgan fingerprint density at radius 3 is 2.43 bits per heavy atom. The number of hydrogen-bond acceptors (Lipinski definition) is 4. The molecule has 1 amide bonds. The maximum absolute atomic E-state index is 11.7. The van der Waals surface area contributed by atoms with Crippen molar-refractivity contribution in [3.63, 3.8) is 0 Å². The molecule has 114 valence electrons. The Bertz CT molecular complexity index is 801. The number of rotatable bonds is 4. The lowest BCUT2D eigenvalue weighted by Crippen LogP contribution is -2.17. The lowest BCUT2D eigenvalue weighted by Gasteiger charge is -2.07. The number of benzene rings is 2. The van der Waals surface area contributed by atoms with E-state index in [0.29, 0.717) is 11.4 Å². The van der Waals surface area contributed by atoms with E-state index < -0.39 is 0 Å². The summed E-state index contributed by atoms with van der Waals surface area (Å²) in [7, 11) is 1.61. The molecular formula is C18H16N4O. The molecule has 0 saturated heterocycles. The minimum Gasteiger partial charge on any atom is -0.355 e. The molecular weight excluding hydrogens is 288 g/mol. The third kappa shape index (κ3) is 3.52. The molecule has 3 aromatic rings. The minimum absolute atomic E-state index is 0.126. The van der Waals surface area contributed by atoms with Crippen LogP contribution in [0.2, 0.25) is 0 Å². The molecule has 5 heteroatoms. The number of carbonyl (C=O) groups is 1. The zero-order chi connectivity index (χ0) is 16.1. The standard InChI is InChI=1S/C18H16N4O/c1-19-18(23)14-8-5-9-15(12-14)20-17-11-10-16(21-22-17)13-6-3-2-4-7-13/h2-12H,1H3,(H,19,23)(H,20,22). The summed E-state index contributed by atoms with van der Waals surface area (Å²) < 4.78 is 0. The van der Waals surface area contributed by atoms with E-state index in [4.69, 9.17) is 0 Å². The molecule has 0 fully saturated rings. The fraction of sp³-hybridized carbons (Fsp3) is 0.0556. The average molecular weight is 304 g/mol. The second-order valence-electron chi connectivity index (χ2n) is 4.95. The van der Waals surface area contributed by atoms with Crippen LogP contribution in [0.4, 0.5) is 11.5 Å². The van der Waals surface area contributed by atoms with Gasteiger partial charge < -0.3 is 10.6 Å². The highest BCUT2D eigenvalue weighted by atomic mass is 16.1. The first-order chi connectivity index (χ1) is 11.3. The lowest BCUT2D eigenvalue weighted by atomic mass is 10.1. The second-order valence-corrected chi connectivity index (χ2v) is 4.95. The zero-order valence-corrected chi connectivity index (χ0v) is 12.7. The van der Waals surface area contributed by atoms with Crippen LogP contribution in [0, 0.1) is 0 Å². The van der Waals surface area contributed by atoms with Gasteiger partial charge in [0.15, 0.2) is 5.82 Å². The molecule has 1 heterocycles. The second kappa shape index (κ2) is 6.70. The fourth-order valence-electron chi connectivity index (χ4n) is 2.19. The molecule has 2 N–H and O–H groups in total. The molecule has 0 unspecified atom stereocenters. The van der Waals surface area contributed by atoms with Gasteiger partial charge in [0.25, 0.3) is 5.91 Å². The van der Waals surface area contributed by atoms with Crippen molar-refractivity contribution >= 4 is 17.4 Å². The summed E-state index contributed by atoms with van der Waals surface area (Å²) in [6.45, 7) is 0. The predicted octanol–water partition coefficient (Wildman–Crippen LogP) is 3.25. The minimum atomic E-state index is -0.126. The van der Waals surface area contributed by atoms with E-state index in [0.717, 1.165) is 16.9 Å². The molecule has 23 heavy (non-hydrogen) atoms. The largest absolute Gasteiger partial charge is 0.355 e. The summed E-state index contributed by atoms with van der Waals surface area (Å²) in [6, 6.07) is 20.9. The lowest BCUT2D eigenvalue weighted by molar-refractivity contribution is 0.0963. The van der Waals surface area contributed by atoms with Crippen LogP contribution in [0.1, 0.15) is 10.4 Å². The summed E-state index contributed by atoms with van der Waals surface area (Å²) in [4.78, 5) is 11.7. The van der Waals surface area contributed by atoms with E-state index in [9.17, 15) is 4.79 Å². The Morgan fingerprint density at radius 1 is 0.913 bits per heavy atom. The SMILES string of the molecule is CNC(=O)c1cccc(Nc2ccc(-c3ccccc3)nn2)c1. The molecule has 0 atom stereocenters. The maximum atomic E-state index is 11.7. The van der Waals surface area contributed by atoms with E-state index in [1.165, 1.54) is 0 Å². The summed E-state index contributed by atoms with van der Waals surface area (Å²) in [5.74, 6) is 0.498. The monoisotopic (exact) mass is 304 g/mol. The van der Waals surface area contributed by atoms with Gasteiger partial charge in [-0.15, -0.1) is 10.2 Å². The smallest absolute Gasteiger partial charge is 0.251 e. The van der Waals surface area contributed by atoms with E-state index in [-0.39, 0.29) is 5.91 Å². The Labute approximate surface area is 134 Å². The van der Waals surface area contributed by atoms with Crippen molar-refractivity contribution in [3.8, 4) is 11.3 Å². The first-order valence-corrected chi connectivity index (χ1v) is 7.24. The van der Waals surface area contributed by atoms with Gasteiger partial charge in [0.1, 0.15) is 0 Å². The van der Waals surface area contributed by atoms with Gasteiger partial charge >= 0.3 is 0 Å². The Hall–Kier alpha value is -3.21. The Kier molecular flexibility index (Phi) is 4.29. The summed E-state index contributed by atoms with van der Waals surface area (Å²) >= 11 is 0. The summed E-state index contributed by atoms with van der Waals surface area (Å²) in [5.41, 5.74) is 3.21. The fourth-order valence-corrected chi connectivity index (χ4v) is 2.19. The molecule has 5 nitrogen and oxygen atoms in total. The highest BCUT2D eigenvalue weighted by Crippen LogP contribution is 2.19. The summed E-state index contributed by atoms with van der Waals surface area (Å²) in [6.07, 6.45) is 0. The van der Waals surface area contributed by atoms with Gasteiger partial charge in [-0.2, -0.15) is 0 Å². The number of nitrogens with zero attached hydrogens (tertiary/aromatic N) is 2. The topological polar surface area (TPSA) is 66.9 Å². The predicted molar refractivity (Wildman–Crippen MR) is 90.6 cm³/mol. The van der Waals surface area contributed by atoms with Gasteiger partial charge in [-0.3, -0.25) is 4.79 Å². The number of carbonyl (C=O) groups excluding carboxylic acids is 1. The van der Waals surface area contributed by atoms with Gasteiger partial charge in [-0.25, -0.2) is 0 Å². The number of anilines is 2. The molecule has 3 rings (SSSR count). The van der Waals surface area contributed by atoms with Crippen molar-refractivity contribution in [2.45, 2.75) is 0 Å². The van der Waals surface area contributed by atoms with Gasteiger partial charge in [-0.1, -0.05) is 36.4 Å². The van der Waals surface area contributed by atoms with E-state index in [1.807, 2.05) is 54.6 Å². The van der Waals surface area contributed by atoms with Crippen molar-refractivity contribution in [1.82, 2.24) is 15.5 Å². The molecule has 0 aliphatic rings. The van der Waals surface area contributed by atoms with Gasteiger partial charge in [-0.05, 0) is 30.3 Å². The summed E-state index contributed by atoms with van der Waals surface area (Å²) in [5, 5.41) is 14.2. The zero-order valence-electron chi connectivity index (χ0n) is 12.7. The van der Waals surface area contributed by atoms with Crippen molar-refractivity contribution in [1.29, 1.82) is 0 Å². The van der Waals surface area contributed by atoms with Crippen LogP contribution < -0.4 is 10.6 Å². The first kappa shape index (κ1) is 14.7. The molecule has 0 radical (unpaired) electrons. The van der Waals surface area contributed by atoms with Gasteiger partial charge in [0.05, 0.1) is 5.69 Å². The third-order valence-corrected chi connectivity index (χ3v) is 3.36. The van der Waals surface area contributed by atoms with E-state index in [1.54, 1.807) is 19.2 Å². The van der Waals surface area contributed by atoms with Gasteiger partial charge in [0, 0.05) is 23.9 Å². The molecule has 0 aliphatic heterocycles. The normalized spacial score (nSPS) is 10.1. The molecule has 0 aliphatic carbocycles. The first-order valence-electron chi connectivity index (χ1n) is 7.24. The Balaban J connectivity index is 1.77.